The fraction of sp³-hybridized carbons (Fsp3) is 0.833. The maximum absolute atomic E-state index is 12.2. The monoisotopic (exact) mass is 297 g/mol. The lowest BCUT2D eigenvalue weighted by Gasteiger charge is -2.30. The van der Waals surface area contributed by atoms with Crippen LogP contribution in [0.15, 0.2) is 12.8 Å². The largest absolute Gasteiger partial charge is 0.327 e. The fourth-order valence-corrected chi connectivity index (χ4v) is 2.23. The van der Waals surface area contributed by atoms with Gasteiger partial charge in [-0.05, 0) is 19.5 Å². The number of quaternary nitrogens is 1. The Balaban J connectivity index is 3.82. The first kappa shape index (κ1) is 20.2. The minimum atomic E-state index is 0.231. The third-order valence-electron chi connectivity index (χ3n) is 4.34. The molecule has 0 saturated carbocycles. The number of amides is 1. The molecule has 0 aromatic rings. The van der Waals surface area contributed by atoms with Crippen molar-refractivity contribution in [2.75, 3.05) is 33.7 Å². The highest BCUT2D eigenvalue weighted by atomic mass is 16.2. The summed E-state index contributed by atoms with van der Waals surface area (Å²) < 4.78 is 0.940. The Morgan fingerprint density at radius 3 is 2.14 bits per heavy atom. The summed E-state index contributed by atoms with van der Waals surface area (Å²) >= 11 is 0. The van der Waals surface area contributed by atoms with Gasteiger partial charge in [0, 0.05) is 6.42 Å². The maximum atomic E-state index is 12.2. The SMILES string of the molecule is C=CN(CC[N+](C)(C)CC)C(=O)CCCCCCCCC. The normalized spacial score (nSPS) is 11.4. The molecule has 3 heteroatoms. The summed E-state index contributed by atoms with van der Waals surface area (Å²) in [6, 6.07) is 0. The number of carbonyl (C=O) groups excluding carboxylic acids is 1. The van der Waals surface area contributed by atoms with Crippen molar-refractivity contribution in [1.29, 1.82) is 0 Å². The summed E-state index contributed by atoms with van der Waals surface area (Å²) in [5, 5.41) is 0. The second-order valence-electron chi connectivity index (χ2n) is 6.62. The number of unbranched alkanes of at least 4 members (excludes halogenated alkanes) is 6. The van der Waals surface area contributed by atoms with E-state index in [9.17, 15) is 4.79 Å². The molecule has 0 rings (SSSR count). The van der Waals surface area contributed by atoms with Gasteiger partial charge in [-0.25, -0.2) is 0 Å². The van der Waals surface area contributed by atoms with Crippen molar-refractivity contribution in [3.63, 3.8) is 0 Å². The predicted octanol–water partition coefficient (Wildman–Crippen LogP) is 4.20. The zero-order valence-electron chi connectivity index (χ0n) is 14.9. The first-order valence-electron chi connectivity index (χ1n) is 8.71. The molecule has 124 valence electrons. The fourth-order valence-electron chi connectivity index (χ4n) is 2.23. The first-order chi connectivity index (χ1) is 9.96. The number of carbonyl (C=O) groups is 1. The van der Waals surface area contributed by atoms with Crippen molar-refractivity contribution in [3.05, 3.63) is 12.8 Å². The second kappa shape index (κ2) is 11.8. The van der Waals surface area contributed by atoms with Gasteiger partial charge in [0.05, 0.1) is 33.7 Å². The van der Waals surface area contributed by atoms with Crippen LogP contribution in [0.2, 0.25) is 0 Å². The Bertz CT molecular complexity index is 287. The molecule has 0 bridgehead atoms. The average Bonchev–Trinajstić information content (AvgIpc) is 2.47. The Hall–Kier alpha value is -0.830. The van der Waals surface area contributed by atoms with Crippen LogP contribution in [0.1, 0.15) is 65.2 Å². The highest BCUT2D eigenvalue weighted by Gasteiger charge is 2.16. The minimum absolute atomic E-state index is 0.231. The van der Waals surface area contributed by atoms with Gasteiger partial charge in [0.2, 0.25) is 5.91 Å². The van der Waals surface area contributed by atoms with Crippen LogP contribution in [-0.4, -0.2) is 49.0 Å². The molecule has 21 heavy (non-hydrogen) atoms. The lowest BCUT2D eigenvalue weighted by molar-refractivity contribution is -0.887. The van der Waals surface area contributed by atoms with E-state index in [1.165, 1.54) is 38.5 Å². The number of rotatable bonds is 13. The lowest BCUT2D eigenvalue weighted by Crippen LogP contribution is -2.45. The van der Waals surface area contributed by atoms with E-state index in [4.69, 9.17) is 0 Å². The van der Waals surface area contributed by atoms with E-state index in [2.05, 4.69) is 34.5 Å². The smallest absolute Gasteiger partial charge is 0.226 e. The first-order valence-corrected chi connectivity index (χ1v) is 8.71. The van der Waals surface area contributed by atoms with E-state index in [-0.39, 0.29) is 5.91 Å². The molecule has 0 radical (unpaired) electrons. The van der Waals surface area contributed by atoms with Crippen molar-refractivity contribution >= 4 is 5.91 Å². The average molecular weight is 298 g/mol. The zero-order chi connectivity index (χ0) is 16.1. The standard InChI is InChI=1S/C18H37N2O/c1-6-9-10-11-12-13-14-15-18(21)19(7-2)16-17-20(4,5)8-3/h7H,2,6,8-17H2,1,3-5H3/q+1. The van der Waals surface area contributed by atoms with Crippen molar-refractivity contribution < 1.29 is 9.28 Å². The van der Waals surface area contributed by atoms with Crippen LogP contribution in [0.3, 0.4) is 0 Å². The summed E-state index contributed by atoms with van der Waals surface area (Å²) in [7, 11) is 4.39. The molecule has 0 aliphatic carbocycles. The van der Waals surface area contributed by atoms with Gasteiger partial charge in [0.25, 0.3) is 0 Å². The highest BCUT2D eigenvalue weighted by Crippen LogP contribution is 2.10. The van der Waals surface area contributed by atoms with Gasteiger partial charge in [-0.3, -0.25) is 4.79 Å². The Labute approximate surface area is 132 Å². The van der Waals surface area contributed by atoms with Gasteiger partial charge in [-0.15, -0.1) is 0 Å². The van der Waals surface area contributed by atoms with E-state index in [0.29, 0.717) is 6.42 Å². The molecule has 0 heterocycles. The van der Waals surface area contributed by atoms with E-state index in [0.717, 1.165) is 30.5 Å². The third-order valence-corrected chi connectivity index (χ3v) is 4.34. The molecule has 0 spiro atoms. The molecule has 0 aliphatic heterocycles. The van der Waals surface area contributed by atoms with E-state index >= 15 is 0 Å². The van der Waals surface area contributed by atoms with Crippen molar-refractivity contribution in [1.82, 2.24) is 4.90 Å². The molecule has 0 atom stereocenters. The number of nitrogens with zero attached hydrogens (tertiary/aromatic N) is 2. The zero-order valence-corrected chi connectivity index (χ0v) is 14.9. The highest BCUT2D eigenvalue weighted by molar-refractivity contribution is 5.77. The van der Waals surface area contributed by atoms with Gasteiger partial charge < -0.3 is 9.38 Å². The Kier molecular flexibility index (Phi) is 11.3. The maximum Gasteiger partial charge on any atom is 0.226 e. The molecule has 0 N–H and O–H groups in total. The lowest BCUT2D eigenvalue weighted by atomic mass is 10.1. The van der Waals surface area contributed by atoms with E-state index in [1.807, 2.05) is 0 Å². The molecular weight excluding hydrogens is 260 g/mol. The van der Waals surface area contributed by atoms with Gasteiger partial charge in [0.1, 0.15) is 0 Å². The van der Waals surface area contributed by atoms with Crippen molar-refractivity contribution in [2.24, 2.45) is 0 Å². The number of hydrogen-bond donors (Lipinski definition) is 0. The molecular formula is C18H37N2O+. The summed E-state index contributed by atoms with van der Waals surface area (Å²) in [6.45, 7) is 11.0. The van der Waals surface area contributed by atoms with Crippen LogP contribution in [0.25, 0.3) is 0 Å². The van der Waals surface area contributed by atoms with Crippen LogP contribution >= 0.6 is 0 Å². The molecule has 0 aromatic carbocycles. The summed E-state index contributed by atoms with van der Waals surface area (Å²) in [5.41, 5.74) is 0. The molecule has 0 fully saturated rings. The molecule has 0 unspecified atom stereocenters. The van der Waals surface area contributed by atoms with E-state index in [1.54, 1.807) is 11.1 Å². The van der Waals surface area contributed by atoms with Gasteiger partial charge in [-0.1, -0.05) is 52.0 Å². The Morgan fingerprint density at radius 1 is 1.05 bits per heavy atom. The third kappa shape index (κ3) is 10.5. The van der Waals surface area contributed by atoms with Gasteiger partial charge in [-0.2, -0.15) is 0 Å². The van der Waals surface area contributed by atoms with Crippen LogP contribution in [0, 0.1) is 0 Å². The van der Waals surface area contributed by atoms with E-state index < -0.39 is 0 Å². The topological polar surface area (TPSA) is 20.3 Å². The molecule has 0 aromatic heterocycles. The molecule has 3 nitrogen and oxygen atoms in total. The number of likely N-dealkylation sites (N-methyl/N-ethyl adjacent to an activating group) is 1. The molecule has 0 saturated heterocycles. The Morgan fingerprint density at radius 2 is 1.62 bits per heavy atom. The van der Waals surface area contributed by atoms with Crippen LogP contribution in [0.4, 0.5) is 0 Å². The van der Waals surface area contributed by atoms with Crippen LogP contribution in [0.5, 0.6) is 0 Å². The van der Waals surface area contributed by atoms with Crippen molar-refractivity contribution in [2.45, 2.75) is 65.2 Å². The van der Waals surface area contributed by atoms with Gasteiger partial charge in [0.15, 0.2) is 0 Å². The minimum Gasteiger partial charge on any atom is -0.327 e. The summed E-state index contributed by atoms with van der Waals surface area (Å²) in [4.78, 5) is 14.0. The quantitative estimate of drug-likeness (QED) is 0.368. The van der Waals surface area contributed by atoms with Crippen LogP contribution < -0.4 is 0 Å². The molecule has 1 amide bonds. The second-order valence-corrected chi connectivity index (χ2v) is 6.62. The van der Waals surface area contributed by atoms with Crippen LogP contribution in [-0.2, 0) is 4.79 Å². The summed E-state index contributed by atoms with van der Waals surface area (Å²) in [5.74, 6) is 0.231. The van der Waals surface area contributed by atoms with Gasteiger partial charge >= 0.3 is 0 Å². The predicted molar refractivity (Wildman–Crippen MR) is 92.0 cm³/mol. The molecule has 0 aliphatic rings. The van der Waals surface area contributed by atoms with Crippen molar-refractivity contribution in [3.8, 4) is 0 Å². The summed E-state index contributed by atoms with van der Waals surface area (Å²) in [6.07, 6.45) is 11.1. The number of hydrogen-bond acceptors (Lipinski definition) is 1.